The Bertz CT molecular complexity index is 1470. The first kappa shape index (κ1) is 33.0. The molecule has 0 aromatic heterocycles. The number of anilines is 1. The Labute approximate surface area is 251 Å². The molecule has 0 fully saturated rings. The highest BCUT2D eigenvalue weighted by Crippen LogP contribution is 2.23. The van der Waals surface area contributed by atoms with E-state index in [1.165, 1.54) is 11.0 Å². The molecule has 0 aliphatic heterocycles. The standard InChI is InChI=1S/C31H36ClF2N3O4S/c1-22(2)20-35-31(39)29(18-23-9-5-4-6-10-23)36(21-24-11-7-12-25(32)17-24)30(38)13-8-16-37(42(3,40)41)26-14-15-27(33)28(34)19-26/h4-7,9-12,14-15,17,19,22,29H,8,13,16,18,20-21H2,1-3H3,(H,35,39). The highest BCUT2D eigenvalue weighted by molar-refractivity contribution is 7.92. The molecule has 0 radical (unpaired) electrons. The van der Waals surface area contributed by atoms with Gasteiger partial charge in [0.15, 0.2) is 11.6 Å². The highest BCUT2D eigenvalue weighted by atomic mass is 35.5. The van der Waals surface area contributed by atoms with Crippen molar-refractivity contribution < 1.29 is 26.8 Å². The number of hydrogen-bond donors (Lipinski definition) is 1. The summed E-state index contributed by atoms with van der Waals surface area (Å²) in [5, 5.41) is 3.43. The molecule has 0 spiro atoms. The molecule has 3 rings (SSSR count). The van der Waals surface area contributed by atoms with Gasteiger partial charge in [-0.1, -0.05) is 67.9 Å². The number of carbonyl (C=O) groups excluding carboxylic acids is 2. The highest BCUT2D eigenvalue weighted by Gasteiger charge is 2.30. The van der Waals surface area contributed by atoms with Crippen LogP contribution in [0, 0.1) is 17.6 Å². The lowest BCUT2D eigenvalue weighted by Gasteiger charge is -2.32. The number of amides is 2. The van der Waals surface area contributed by atoms with Crippen LogP contribution in [0.3, 0.4) is 0 Å². The summed E-state index contributed by atoms with van der Waals surface area (Å²) in [5.41, 5.74) is 1.55. The Morgan fingerprint density at radius 2 is 1.62 bits per heavy atom. The fourth-order valence-electron chi connectivity index (χ4n) is 4.45. The molecule has 1 atom stereocenters. The van der Waals surface area contributed by atoms with Gasteiger partial charge < -0.3 is 10.2 Å². The van der Waals surface area contributed by atoms with E-state index in [4.69, 9.17) is 11.6 Å². The summed E-state index contributed by atoms with van der Waals surface area (Å²) in [6, 6.07) is 18.3. The average molecular weight is 620 g/mol. The summed E-state index contributed by atoms with van der Waals surface area (Å²) in [5.74, 6) is -2.75. The first-order chi connectivity index (χ1) is 19.8. The van der Waals surface area contributed by atoms with Crippen LogP contribution in [0.15, 0.2) is 72.8 Å². The molecule has 3 aromatic rings. The summed E-state index contributed by atoms with van der Waals surface area (Å²) in [7, 11) is -3.86. The molecule has 3 aromatic carbocycles. The van der Waals surface area contributed by atoms with Crippen LogP contribution in [0.4, 0.5) is 14.5 Å². The normalized spacial score (nSPS) is 12.2. The minimum atomic E-state index is -3.86. The predicted molar refractivity (Wildman–Crippen MR) is 162 cm³/mol. The first-order valence-corrected chi connectivity index (χ1v) is 15.9. The molecular formula is C31H36ClF2N3O4S. The van der Waals surface area contributed by atoms with E-state index in [-0.39, 0.29) is 55.8 Å². The van der Waals surface area contributed by atoms with Crippen molar-refractivity contribution in [3.05, 3.63) is 101 Å². The zero-order valence-corrected chi connectivity index (χ0v) is 25.5. The van der Waals surface area contributed by atoms with Crippen LogP contribution in [0.5, 0.6) is 0 Å². The second-order valence-corrected chi connectivity index (χ2v) is 12.9. The lowest BCUT2D eigenvalue weighted by molar-refractivity contribution is -0.141. The summed E-state index contributed by atoms with van der Waals surface area (Å²) in [4.78, 5) is 28.8. The zero-order valence-electron chi connectivity index (χ0n) is 23.9. The monoisotopic (exact) mass is 619 g/mol. The molecule has 42 heavy (non-hydrogen) atoms. The summed E-state index contributed by atoms with van der Waals surface area (Å²) < 4.78 is 53.2. The number of halogens is 3. The summed E-state index contributed by atoms with van der Waals surface area (Å²) in [6.07, 6.45) is 1.19. The quantitative estimate of drug-likeness (QED) is 0.255. The van der Waals surface area contributed by atoms with E-state index in [1.54, 1.807) is 18.2 Å². The Hall–Kier alpha value is -3.50. The molecular weight excluding hydrogens is 584 g/mol. The molecule has 2 amide bonds. The van der Waals surface area contributed by atoms with Gasteiger partial charge in [0.2, 0.25) is 21.8 Å². The lowest BCUT2D eigenvalue weighted by atomic mass is 10.0. The van der Waals surface area contributed by atoms with Crippen LogP contribution in [0.1, 0.15) is 37.8 Å². The molecule has 0 saturated heterocycles. The summed E-state index contributed by atoms with van der Waals surface area (Å²) in [6.45, 7) is 4.33. The third kappa shape index (κ3) is 9.80. The third-order valence-electron chi connectivity index (χ3n) is 6.54. The SMILES string of the molecule is CC(C)CNC(=O)C(Cc1ccccc1)N(Cc1cccc(Cl)c1)C(=O)CCCN(c1ccc(F)c(F)c1)S(C)(=O)=O. The van der Waals surface area contributed by atoms with E-state index in [9.17, 15) is 26.8 Å². The molecule has 1 N–H and O–H groups in total. The first-order valence-electron chi connectivity index (χ1n) is 13.6. The van der Waals surface area contributed by atoms with Gasteiger partial charge in [-0.25, -0.2) is 17.2 Å². The number of rotatable bonds is 14. The number of nitrogens with one attached hydrogen (secondary N) is 1. The Morgan fingerprint density at radius 1 is 0.929 bits per heavy atom. The van der Waals surface area contributed by atoms with Crippen molar-refractivity contribution >= 4 is 39.1 Å². The average Bonchev–Trinajstić information content (AvgIpc) is 2.93. The maximum atomic E-state index is 13.9. The predicted octanol–water partition coefficient (Wildman–Crippen LogP) is 5.58. The maximum absolute atomic E-state index is 13.9. The van der Waals surface area contributed by atoms with Gasteiger partial charge in [0.05, 0.1) is 11.9 Å². The minimum absolute atomic E-state index is 0.0466. The topological polar surface area (TPSA) is 86.8 Å². The van der Waals surface area contributed by atoms with Crippen LogP contribution >= 0.6 is 11.6 Å². The van der Waals surface area contributed by atoms with Crippen molar-refractivity contribution in [3.8, 4) is 0 Å². The molecule has 11 heteroatoms. The number of benzene rings is 3. The largest absolute Gasteiger partial charge is 0.354 e. The van der Waals surface area contributed by atoms with Gasteiger partial charge in [-0.3, -0.25) is 13.9 Å². The molecule has 226 valence electrons. The minimum Gasteiger partial charge on any atom is -0.354 e. The van der Waals surface area contributed by atoms with E-state index in [2.05, 4.69) is 5.32 Å². The van der Waals surface area contributed by atoms with Gasteiger partial charge >= 0.3 is 0 Å². The lowest BCUT2D eigenvalue weighted by Crippen LogP contribution is -2.51. The van der Waals surface area contributed by atoms with Crippen molar-refractivity contribution in [1.29, 1.82) is 0 Å². The second kappa shape index (κ2) is 15.1. The van der Waals surface area contributed by atoms with Gasteiger partial charge in [-0.05, 0) is 47.7 Å². The van der Waals surface area contributed by atoms with Crippen LogP contribution < -0.4 is 9.62 Å². The molecule has 0 heterocycles. The number of sulfonamides is 1. The fraction of sp³-hybridized carbons (Fsp3) is 0.355. The number of nitrogens with zero attached hydrogens (tertiary/aromatic N) is 2. The molecule has 0 bridgehead atoms. The van der Waals surface area contributed by atoms with Crippen molar-refractivity contribution in [2.45, 2.75) is 45.7 Å². The van der Waals surface area contributed by atoms with Crippen LogP contribution in [-0.2, 0) is 32.6 Å². The molecule has 0 saturated carbocycles. The van der Waals surface area contributed by atoms with E-state index in [0.717, 1.165) is 33.8 Å². The van der Waals surface area contributed by atoms with Gasteiger partial charge in [0.1, 0.15) is 6.04 Å². The van der Waals surface area contributed by atoms with Crippen LogP contribution in [0.2, 0.25) is 5.02 Å². The van der Waals surface area contributed by atoms with Crippen LogP contribution in [0.25, 0.3) is 0 Å². The van der Waals surface area contributed by atoms with E-state index < -0.39 is 27.7 Å². The van der Waals surface area contributed by atoms with E-state index in [1.807, 2.05) is 50.2 Å². The van der Waals surface area contributed by atoms with Gasteiger partial charge in [-0.15, -0.1) is 0 Å². The fourth-order valence-corrected chi connectivity index (χ4v) is 5.62. The van der Waals surface area contributed by atoms with E-state index in [0.29, 0.717) is 11.6 Å². The van der Waals surface area contributed by atoms with Gasteiger partial charge in [0.25, 0.3) is 0 Å². The summed E-state index contributed by atoms with van der Waals surface area (Å²) >= 11 is 6.21. The van der Waals surface area contributed by atoms with Crippen molar-refractivity contribution in [1.82, 2.24) is 10.2 Å². The smallest absolute Gasteiger partial charge is 0.243 e. The number of hydrogen-bond acceptors (Lipinski definition) is 4. The van der Waals surface area contributed by atoms with Crippen molar-refractivity contribution in [2.75, 3.05) is 23.7 Å². The molecule has 0 aliphatic rings. The number of carbonyl (C=O) groups is 2. The second-order valence-electron chi connectivity index (χ2n) is 10.5. The van der Waals surface area contributed by atoms with Crippen molar-refractivity contribution in [2.24, 2.45) is 5.92 Å². The third-order valence-corrected chi connectivity index (χ3v) is 7.97. The Morgan fingerprint density at radius 3 is 2.24 bits per heavy atom. The Kier molecular flexibility index (Phi) is 11.9. The van der Waals surface area contributed by atoms with Crippen LogP contribution in [-0.4, -0.2) is 50.5 Å². The Balaban J connectivity index is 1.89. The van der Waals surface area contributed by atoms with Crippen molar-refractivity contribution in [3.63, 3.8) is 0 Å². The zero-order chi connectivity index (χ0) is 30.9. The van der Waals surface area contributed by atoms with Gasteiger partial charge in [-0.2, -0.15) is 0 Å². The molecule has 1 unspecified atom stereocenters. The molecule has 0 aliphatic carbocycles. The molecule has 7 nitrogen and oxygen atoms in total. The van der Waals surface area contributed by atoms with E-state index >= 15 is 0 Å². The van der Waals surface area contributed by atoms with Gasteiger partial charge in [0, 0.05) is 43.6 Å². The maximum Gasteiger partial charge on any atom is 0.243 e.